The molecule has 0 aliphatic heterocycles. The van der Waals surface area contributed by atoms with Gasteiger partial charge in [-0.3, -0.25) is 9.59 Å². The van der Waals surface area contributed by atoms with Crippen LogP contribution in [0.4, 0.5) is 5.82 Å². The van der Waals surface area contributed by atoms with E-state index >= 15 is 0 Å². The first-order valence-electron chi connectivity index (χ1n) is 5.53. The van der Waals surface area contributed by atoms with Crippen molar-refractivity contribution in [2.45, 2.75) is 39.7 Å². The van der Waals surface area contributed by atoms with Gasteiger partial charge >= 0.3 is 0 Å². The monoisotopic (exact) mass is 239 g/mol. The van der Waals surface area contributed by atoms with Crippen molar-refractivity contribution < 1.29 is 14.1 Å². The molecule has 1 aromatic heterocycles. The van der Waals surface area contributed by atoms with Gasteiger partial charge in [0.25, 0.3) is 0 Å². The SMILES string of the molecule is CCC(C)NC(=O)CC(=O)Nc1cc(C)on1. The molecule has 94 valence electrons. The summed E-state index contributed by atoms with van der Waals surface area (Å²) in [6.07, 6.45) is 0.617. The molecule has 1 aromatic rings. The Morgan fingerprint density at radius 3 is 2.71 bits per heavy atom. The highest BCUT2D eigenvalue weighted by Crippen LogP contribution is 2.07. The number of carbonyl (C=O) groups excluding carboxylic acids is 2. The third-order valence-corrected chi connectivity index (χ3v) is 2.24. The summed E-state index contributed by atoms with van der Waals surface area (Å²) < 4.78 is 4.79. The molecule has 6 nitrogen and oxygen atoms in total. The molecule has 6 heteroatoms. The van der Waals surface area contributed by atoms with Crippen LogP contribution in [0.1, 0.15) is 32.4 Å². The Labute approximate surface area is 99.7 Å². The lowest BCUT2D eigenvalue weighted by molar-refractivity contribution is -0.127. The summed E-state index contributed by atoms with van der Waals surface area (Å²) in [4.78, 5) is 22.9. The van der Waals surface area contributed by atoms with Crippen LogP contribution >= 0.6 is 0 Å². The Morgan fingerprint density at radius 2 is 2.18 bits per heavy atom. The Balaban J connectivity index is 2.37. The maximum Gasteiger partial charge on any atom is 0.235 e. The van der Waals surface area contributed by atoms with Crippen molar-refractivity contribution in [3.05, 3.63) is 11.8 Å². The van der Waals surface area contributed by atoms with Crippen LogP contribution < -0.4 is 10.6 Å². The average molecular weight is 239 g/mol. The van der Waals surface area contributed by atoms with Crippen LogP contribution in [-0.2, 0) is 9.59 Å². The zero-order chi connectivity index (χ0) is 12.8. The fraction of sp³-hybridized carbons (Fsp3) is 0.545. The fourth-order valence-electron chi connectivity index (χ4n) is 1.19. The van der Waals surface area contributed by atoms with Crippen molar-refractivity contribution in [1.29, 1.82) is 0 Å². The largest absolute Gasteiger partial charge is 0.360 e. The minimum absolute atomic E-state index is 0.0737. The molecule has 0 spiro atoms. The van der Waals surface area contributed by atoms with Crippen molar-refractivity contribution in [1.82, 2.24) is 10.5 Å². The fourth-order valence-corrected chi connectivity index (χ4v) is 1.19. The Hall–Kier alpha value is -1.85. The first-order chi connectivity index (χ1) is 8.01. The van der Waals surface area contributed by atoms with Gasteiger partial charge in [0.15, 0.2) is 5.82 Å². The van der Waals surface area contributed by atoms with Crippen LogP contribution in [0.2, 0.25) is 0 Å². The number of nitrogens with zero attached hydrogens (tertiary/aromatic N) is 1. The number of rotatable bonds is 5. The molecule has 0 saturated heterocycles. The summed E-state index contributed by atoms with van der Waals surface area (Å²) in [6, 6.07) is 1.66. The summed E-state index contributed by atoms with van der Waals surface area (Å²) in [5.74, 6) is 0.226. The molecule has 1 unspecified atom stereocenters. The number of carbonyl (C=O) groups is 2. The van der Waals surface area contributed by atoms with Gasteiger partial charge in [-0.15, -0.1) is 0 Å². The molecule has 1 atom stereocenters. The Bertz CT molecular complexity index is 400. The molecule has 2 amide bonds. The van der Waals surface area contributed by atoms with E-state index in [0.717, 1.165) is 6.42 Å². The molecule has 2 N–H and O–H groups in total. The maximum absolute atomic E-state index is 11.4. The molecule has 0 aliphatic rings. The summed E-state index contributed by atoms with van der Waals surface area (Å²) in [5.41, 5.74) is 0. The van der Waals surface area contributed by atoms with Crippen molar-refractivity contribution in [2.75, 3.05) is 5.32 Å². The van der Waals surface area contributed by atoms with Crippen LogP contribution in [0.3, 0.4) is 0 Å². The Morgan fingerprint density at radius 1 is 1.47 bits per heavy atom. The van der Waals surface area contributed by atoms with Gasteiger partial charge in [0.1, 0.15) is 12.2 Å². The second-order valence-electron chi connectivity index (χ2n) is 3.92. The molecule has 0 aliphatic carbocycles. The molecule has 0 radical (unpaired) electrons. The van der Waals surface area contributed by atoms with Gasteiger partial charge in [0.05, 0.1) is 0 Å². The minimum atomic E-state index is -0.404. The van der Waals surface area contributed by atoms with E-state index in [4.69, 9.17) is 4.52 Å². The van der Waals surface area contributed by atoms with Gasteiger partial charge in [-0.2, -0.15) is 0 Å². The number of hydrogen-bond donors (Lipinski definition) is 2. The minimum Gasteiger partial charge on any atom is -0.360 e. The summed E-state index contributed by atoms with van der Waals surface area (Å²) in [7, 11) is 0. The lowest BCUT2D eigenvalue weighted by atomic mass is 10.2. The lowest BCUT2D eigenvalue weighted by Gasteiger charge is -2.10. The molecule has 17 heavy (non-hydrogen) atoms. The van der Waals surface area contributed by atoms with Gasteiger partial charge in [-0.1, -0.05) is 12.1 Å². The normalized spacial score (nSPS) is 11.9. The second kappa shape index (κ2) is 6.03. The first kappa shape index (κ1) is 13.2. The highest BCUT2D eigenvalue weighted by molar-refractivity contribution is 6.03. The third-order valence-electron chi connectivity index (χ3n) is 2.24. The highest BCUT2D eigenvalue weighted by Gasteiger charge is 2.12. The second-order valence-corrected chi connectivity index (χ2v) is 3.92. The quantitative estimate of drug-likeness (QED) is 0.757. The van der Waals surface area contributed by atoms with Crippen LogP contribution in [0.5, 0.6) is 0 Å². The molecule has 0 fully saturated rings. The van der Waals surface area contributed by atoms with Crippen LogP contribution in [0.25, 0.3) is 0 Å². The van der Waals surface area contributed by atoms with Gasteiger partial charge in [-0.25, -0.2) is 0 Å². The molecule has 1 heterocycles. The smallest absolute Gasteiger partial charge is 0.235 e. The van der Waals surface area contributed by atoms with E-state index in [2.05, 4.69) is 15.8 Å². The van der Waals surface area contributed by atoms with E-state index in [0.29, 0.717) is 11.6 Å². The van der Waals surface area contributed by atoms with E-state index in [9.17, 15) is 9.59 Å². The molecule has 0 saturated carbocycles. The lowest BCUT2D eigenvalue weighted by Crippen LogP contribution is -2.34. The van der Waals surface area contributed by atoms with Gasteiger partial charge in [0.2, 0.25) is 11.8 Å². The zero-order valence-electron chi connectivity index (χ0n) is 10.2. The standard InChI is InChI=1S/C11H17N3O3/c1-4-7(2)12-10(15)6-11(16)13-9-5-8(3)17-14-9/h5,7H,4,6H2,1-3H3,(H,12,15)(H,13,14,16). The molecule has 0 bridgehead atoms. The third kappa shape index (κ3) is 4.67. The number of hydrogen-bond acceptors (Lipinski definition) is 4. The van der Waals surface area contributed by atoms with Crippen LogP contribution in [-0.4, -0.2) is 23.0 Å². The predicted molar refractivity (Wildman–Crippen MR) is 62.4 cm³/mol. The molecule has 1 rings (SSSR count). The predicted octanol–water partition coefficient (Wildman–Crippen LogP) is 1.23. The molecular formula is C11H17N3O3. The summed E-state index contributed by atoms with van der Waals surface area (Å²) in [5, 5.41) is 8.79. The summed E-state index contributed by atoms with van der Waals surface area (Å²) >= 11 is 0. The van der Waals surface area contributed by atoms with Gasteiger partial charge < -0.3 is 15.2 Å². The summed E-state index contributed by atoms with van der Waals surface area (Å²) in [6.45, 7) is 5.57. The van der Waals surface area contributed by atoms with Gasteiger partial charge in [0, 0.05) is 12.1 Å². The topological polar surface area (TPSA) is 84.2 Å². The van der Waals surface area contributed by atoms with Crippen molar-refractivity contribution in [3.8, 4) is 0 Å². The first-order valence-corrected chi connectivity index (χ1v) is 5.53. The van der Waals surface area contributed by atoms with E-state index in [1.54, 1.807) is 13.0 Å². The van der Waals surface area contributed by atoms with Crippen LogP contribution in [0, 0.1) is 6.92 Å². The van der Waals surface area contributed by atoms with Crippen molar-refractivity contribution >= 4 is 17.6 Å². The van der Waals surface area contributed by atoms with Crippen LogP contribution in [0.15, 0.2) is 10.6 Å². The van der Waals surface area contributed by atoms with E-state index < -0.39 is 5.91 Å². The Kier molecular flexibility index (Phi) is 4.68. The number of nitrogens with one attached hydrogen (secondary N) is 2. The highest BCUT2D eigenvalue weighted by atomic mass is 16.5. The maximum atomic E-state index is 11.4. The number of amides is 2. The number of anilines is 1. The average Bonchev–Trinajstić information content (AvgIpc) is 2.63. The van der Waals surface area contributed by atoms with E-state index in [1.807, 2.05) is 13.8 Å². The zero-order valence-corrected chi connectivity index (χ0v) is 10.2. The van der Waals surface area contributed by atoms with Crippen molar-refractivity contribution in [2.24, 2.45) is 0 Å². The van der Waals surface area contributed by atoms with E-state index in [1.165, 1.54) is 0 Å². The number of aryl methyl sites for hydroxylation is 1. The van der Waals surface area contributed by atoms with Gasteiger partial charge in [-0.05, 0) is 20.3 Å². The molecular weight excluding hydrogens is 222 g/mol. The molecule has 0 aromatic carbocycles. The van der Waals surface area contributed by atoms with E-state index in [-0.39, 0.29) is 18.4 Å². The number of aromatic nitrogens is 1. The van der Waals surface area contributed by atoms with Crippen molar-refractivity contribution in [3.63, 3.8) is 0 Å².